The molecule has 0 spiro atoms. The molecule has 4 N–H and O–H groups in total. The zero-order valence-corrected chi connectivity index (χ0v) is 20.0. The number of aromatic nitrogens is 1. The number of halogens is 1. The summed E-state index contributed by atoms with van der Waals surface area (Å²) >= 11 is 1.57. The topological polar surface area (TPSA) is 104 Å². The molecule has 2 heterocycles. The van der Waals surface area contributed by atoms with Crippen molar-refractivity contribution in [2.75, 3.05) is 16.4 Å². The first-order valence-corrected chi connectivity index (χ1v) is 11.9. The van der Waals surface area contributed by atoms with E-state index in [0.29, 0.717) is 17.1 Å². The van der Waals surface area contributed by atoms with Gasteiger partial charge in [0.25, 0.3) is 0 Å². The molecule has 0 atom stereocenters. The van der Waals surface area contributed by atoms with E-state index >= 15 is 0 Å². The number of thiophene rings is 1. The van der Waals surface area contributed by atoms with E-state index in [2.05, 4.69) is 21.7 Å². The van der Waals surface area contributed by atoms with Gasteiger partial charge < -0.3 is 16.4 Å². The fourth-order valence-electron chi connectivity index (χ4n) is 3.96. The lowest BCUT2D eigenvalue weighted by Gasteiger charge is -2.10. The minimum absolute atomic E-state index is 0.120. The molecule has 0 aliphatic heterocycles. The van der Waals surface area contributed by atoms with Gasteiger partial charge in [-0.25, -0.2) is 14.2 Å². The van der Waals surface area contributed by atoms with Gasteiger partial charge in [0, 0.05) is 33.1 Å². The minimum Gasteiger partial charge on any atom is -0.383 e. The van der Waals surface area contributed by atoms with Gasteiger partial charge in [-0.3, -0.25) is 0 Å². The molecular weight excluding hydrogens is 473 g/mol. The normalized spacial score (nSPS) is 10.7. The van der Waals surface area contributed by atoms with E-state index in [-0.39, 0.29) is 5.69 Å². The number of anilines is 3. The Morgan fingerprint density at radius 2 is 1.69 bits per heavy atom. The van der Waals surface area contributed by atoms with Crippen LogP contribution in [0.3, 0.4) is 0 Å². The van der Waals surface area contributed by atoms with E-state index in [1.807, 2.05) is 36.6 Å². The molecule has 2 amide bonds. The van der Waals surface area contributed by atoms with Gasteiger partial charge in [0.2, 0.25) is 0 Å². The number of nitrogens with two attached hydrogens (primary N) is 1. The first kappa shape index (κ1) is 23.0. The van der Waals surface area contributed by atoms with Crippen molar-refractivity contribution in [1.82, 2.24) is 4.98 Å². The Hall–Kier alpha value is -4.74. The standard InChI is InChI=1S/C28H20FN5OS/c1-16-2-11-23(29)24(12-16)34-28(35)33-20-9-7-19(8-10-20)22-15-36-26-21(14-32-27(31)25(22)26)18-5-3-17(13-30)4-6-18/h2-12,14-15H,1H3,(H2,31,32)(H2,33,34,35). The number of fused-ring (bicyclic) bond motifs is 1. The molecule has 0 saturated heterocycles. The number of nitrogen functional groups attached to an aromatic ring is 1. The molecular formula is C28H20FN5OS. The predicted octanol–water partition coefficient (Wildman–Crippen LogP) is 7.18. The lowest BCUT2D eigenvalue weighted by molar-refractivity contribution is 0.262. The summed E-state index contributed by atoms with van der Waals surface area (Å²) in [6.07, 6.45) is 1.75. The number of benzene rings is 3. The molecule has 0 fully saturated rings. The molecule has 3 aromatic carbocycles. The van der Waals surface area contributed by atoms with Gasteiger partial charge in [0.1, 0.15) is 11.6 Å². The monoisotopic (exact) mass is 493 g/mol. The molecule has 0 radical (unpaired) electrons. The van der Waals surface area contributed by atoms with E-state index in [0.717, 1.165) is 37.9 Å². The molecule has 0 saturated carbocycles. The summed E-state index contributed by atoms with van der Waals surface area (Å²) in [6.45, 7) is 1.82. The SMILES string of the molecule is Cc1ccc(F)c(NC(=O)Nc2ccc(-c3csc4c(-c5ccc(C#N)cc5)cnc(N)c34)cc2)c1. The molecule has 5 aromatic rings. The smallest absolute Gasteiger partial charge is 0.323 e. The first-order valence-electron chi connectivity index (χ1n) is 11.0. The fourth-order valence-corrected chi connectivity index (χ4v) is 5.08. The predicted molar refractivity (Wildman–Crippen MR) is 143 cm³/mol. The second-order valence-electron chi connectivity index (χ2n) is 8.24. The van der Waals surface area contributed by atoms with Crippen molar-refractivity contribution in [2.45, 2.75) is 6.92 Å². The second kappa shape index (κ2) is 9.49. The van der Waals surface area contributed by atoms with Crippen LogP contribution < -0.4 is 16.4 Å². The number of carbonyl (C=O) groups is 1. The van der Waals surface area contributed by atoms with Crippen LogP contribution in [0.2, 0.25) is 0 Å². The van der Waals surface area contributed by atoms with Gasteiger partial charge in [-0.05, 0) is 65.4 Å². The van der Waals surface area contributed by atoms with Gasteiger partial charge in [-0.15, -0.1) is 11.3 Å². The highest BCUT2D eigenvalue weighted by Crippen LogP contribution is 2.41. The van der Waals surface area contributed by atoms with Crippen LogP contribution in [0, 0.1) is 24.1 Å². The maximum Gasteiger partial charge on any atom is 0.323 e. The number of nitriles is 1. The summed E-state index contributed by atoms with van der Waals surface area (Å²) < 4.78 is 14.9. The summed E-state index contributed by atoms with van der Waals surface area (Å²) in [5.74, 6) is -0.0672. The number of rotatable bonds is 4. The van der Waals surface area contributed by atoms with Gasteiger partial charge in [0.15, 0.2) is 0 Å². The summed E-state index contributed by atoms with van der Waals surface area (Å²) in [6, 6.07) is 20.8. The van der Waals surface area contributed by atoms with E-state index < -0.39 is 11.8 Å². The molecule has 0 aliphatic carbocycles. The molecule has 2 aromatic heterocycles. The number of hydrogen-bond acceptors (Lipinski definition) is 5. The Bertz CT molecular complexity index is 1640. The average molecular weight is 494 g/mol. The largest absolute Gasteiger partial charge is 0.383 e. The fraction of sp³-hybridized carbons (Fsp3) is 0.0357. The molecule has 0 aliphatic rings. The van der Waals surface area contributed by atoms with E-state index in [4.69, 9.17) is 11.0 Å². The lowest BCUT2D eigenvalue weighted by Crippen LogP contribution is -2.20. The number of nitrogens with zero attached hydrogens (tertiary/aromatic N) is 2. The highest BCUT2D eigenvalue weighted by molar-refractivity contribution is 7.18. The van der Waals surface area contributed by atoms with Crippen molar-refractivity contribution in [2.24, 2.45) is 0 Å². The highest BCUT2D eigenvalue weighted by Gasteiger charge is 2.15. The third-order valence-corrected chi connectivity index (χ3v) is 6.79. The minimum atomic E-state index is -0.534. The van der Waals surface area contributed by atoms with Crippen molar-refractivity contribution >= 4 is 44.6 Å². The molecule has 36 heavy (non-hydrogen) atoms. The third kappa shape index (κ3) is 4.48. The summed E-state index contributed by atoms with van der Waals surface area (Å²) in [5, 5.41) is 17.2. The van der Waals surface area contributed by atoms with E-state index in [1.165, 1.54) is 6.07 Å². The highest BCUT2D eigenvalue weighted by atomic mass is 32.1. The molecule has 176 valence electrons. The van der Waals surface area contributed by atoms with Crippen LogP contribution >= 0.6 is 11.3 Å². The van der Waals surface area contributed by atoms with Gasteiger partial charge in [0.05, 0.1) is 17.3 Å². The Morgan fingerprint density at radius 1 is 1.00 bits per heavy atom. The first-order chi connectivity index (χ1) is 17.4. The number of hydrogen-bond donors (Lipinski definition) is 3. The van der Waals surface area contributed by atoms with Crippen LogP contribution in [0.15, 0.2) is 78.3 Å². The van der Waals surface area contributed by atoms with Gasteiger partial charge in [-0.1, -0.05) is 30.3 Å². The summed E-state index contributed by atoms with van der Waals surface area (Å²) in [7, 11) is 0. The summed E-state index contributed by atoms with van der Waals surface area (Å²) in [4.78, 5) is 16.8. The molecule has 8 heteroatoms. The Morgan fingerprint density at radius 3 is 2.42 bits per heavy atom. The van der Waals surface area contributed by atoms with Crippen molar-refractivity contribution < 1.29 is 9.18 Å². The zero-order chi connectivity index (χ0) is 25.2. The number of nitrogens with one attached hydrogen (secondary N) is 2. The van der Waals surface area contributed by atoms with Crippen LogP contribution in [0.25, 0.3) is 32.3 Å². The van der Waals surface area contributed by atoms with E-state index in [9.17, 15) is 9.18 Å². The third-order valence-electron chi connectivity index (χ3n) is 5.77. The molecule has 0 unspecified atom stereocenters. The van der Waals surface area contributed by atoms with Crippen molar-refractivity contribution in [3.05, 3.63) is 95.3 Å². The second-order valence-corrected chi connectivity index (χ2v) is 9.12. The Labute approximate surface area is 210 Å². The van der Waals surface area contributed by atoms with Crippen LogP contribution in [-0.2, 0) is 0 Å². The maximum absolute atomic E-state index is 13.9. The number of pyridine rings is 1. The number of urea groups is 1. The molecule has 5 rings (SSSR count). The van der Waals surface area contributed by atoms with E-state index in [1.54, 1.807) is 53.9 Å². The van der Waals surface area contributed by atoms with Crippen LogP contribution in [-0.4, -0.2) is 11.0 Å². The summed E-state index contributed by atoms with van der Waals surface area (Å²) in [5.41, 5.74) is 12.2. The average Bonchev–Trinajstić information content (AvgIpc) is 3.33. The number of carbonyl (C=O) groups excluding carboxylic acids is 1. The number of aryl methyl sites for hydroxylation is 1. The molecule has 0 bridgehead atoms. The maximum atomic E-state index is 13.9. The van der Waals surface area contributed by atoms with Crippen LogP contribution in [0.4, 0.5) is 26.4 Å². The van der Waals surface area contributed by atoms with Crippen molar-refractivity contribution in [3.8, 4) is 28.3 Å². The van der Waals surface area contributed by atoms with Crippen LogP contribution in [0.5, 0.6) is 0 Å². The Kier molecular flexibility index (Phi) is 6.07. The van der Waals surface area contributed by atoms with Crippen molar-refractivity contribution in [3.63, 3.8) is 0 Å². The zero-order valence-electron chi connectivity index (χ0n) is 19.2. The van der Waals surface area contributed by atoms with Crippen LogP contribution in [0.1, 0.15) is 11.1 Å². The van der Waals surface area contributed by atoms with Crippen molar-refractivity contribution in [1.29, 1.82) is 5.26 Å². The molecule has 6 nitrogen and oxygen atoms in total. The number of amides is 2. The van der Waals surface area contributed by atoms with Gasteiger partial charge >= 0.3 is 6.03 Å². The Balaban J connectivity index is 1.40. The lowest BCUT2D eigenvalue weighted by atomic mass is 10.0. The van der Waals surface area contributed by atoms with Gasteiger partial charge in [-0.2, -0.15) is 5.26 Å². The quantitative estimate of drug-likeness (QED) is 0.247.